The van der Waals surface area contributed by atoms with E-state index in [0.717, 1.165) is 12.5 Å². The summed E-state index contributed by atoms with van der Waals surface area (Å²) in [7, 11) is 0. The number of nitrogens with zero attached hydrogens (tertiary/aromatic N) is 1. The Morgan fingerprint density at radius 3 is 2.84 bits per heavy atom. The molecule has 3 aliphatic heterocycles. The van der Waals surface area contributed by atoms with Gasteiger partial charge in [-0.1, -0.05) is 39.8 Å². The van der Waals surface area contributed by atoms with E-state index in [0.29, 0.717) is 18.8 Å². The van der Waals surface area contributed by atoms with Gasteiger partial charge < -0.3 is 14.4 Å². The number of rotatable bonds is 3. The fraction of sp³-hybridized carbons (Fsp3) is 0.727. The van der Waals surface area contributed by atoms with Crippen LogP contribution < -0.4 is 4.90 Å². The lowest BCUT2D eigenvalue weighted by molar-refractivity contribution is 0.0269. The van der Waals surface area contributed by atoms with Crippen molar-refractivity contribution in [3.05, 3.63) is 28.8 Å². The molecule has 0 spiro atoms. The van der Waals surface area contributed by atoms with Gasteiger partial charge in [0, 0.05) is 18.8 Å². The van der Waals surface area contributed by atoms with Crippen molar-refractivity contribution in [3.63, 3.8) is 0 Å². The van der Waals surface area contributed by atoms with Crippen LogP contribution in [0.5, 0.6) is 0 Å². The van der Waals surface area contributed by atoms with E-state index >= 15 is 0 Å². The minimum atomic E-state index is 0.235. The van der Waals surface area contributed by atoms with Crippen molar-refractivity contribution in [1.29, 1.82) is 0 Å². The molecule has 138 valence electrons. The molecule has 4 rings (SSSR count). The van der Waals surface area contributed by atoms with Crippen molar-refractivity contribution in [2.75, 3.05) is 31.4 Å². The van der Waals surface area contributed by atoms with Gasteiger partial charge in [0.2, 0.25) is 0 Å². The molecule has 3 nitrogen and oxygen atoms in total. The largest absolute Gasteiger partial charge is 0.371 e. The molecule has 0 aromatic heterocycles. The second-order valence-corrected chi connectivity index (χ2v) is 9.38. The molecule has 0 amide bonds. The third-order valence-corrected chi connectivity index (χ3v) is 6.32. The van der Waals surface area contributed by atoms with Crippen molar-refractivity contribution < 1.29 is 9.47 Å². The van der Waals surface area contributed by atoms with Gasteiger partial charge in [-0.15, -0.1) is 0 Å². The molecule has 25 heavy (non-hydrogen) atoms. The molecule has 0 N–H and O–H groups in total. The molecule has 0 aliphatic carbocycles. The summed E-state index contributed by atoms with van der Waals surface area (Å²) >= 11 is 0. The summed E-state index contributed by atoms with van der Waals surface area (Å²) in [5.74, 6) is 1.31. The van der Waals surface area contributed by atoms with Gasteiger partial charge in [0.1, 0.15) is 6.79 Å². The highest BCUT2D eigenvalue weighted by Crippen LogP contribution is 2.43. The van der Waals surface area contributed by atoms with Crippen LogP contribution in [0.25, 0.3) is 0 Å². The first-order valence-electron chi connectivity index (χ1n) is 10.0. The third-order valence-electron chi connectivity index (χ3n) is 6.32. The topological polar surface area (TPSA) is 21.7 Å². The maximum absolute atomic E-state index is 5.73. The Labute approximate surface area is 152 Å². The van der Waals surface area contributed by atoms with Crippen molar-refractivity contribution in [2.24, 2.45) is 11.8 Å². The number of hydrogen-bond acceptors (Lipinski definition) is 3. The molecular formula is C22H33NO2. The van der Waals surface area contributed by atoms with Gasteiger partial charge >= 0.3 is 0 Å². The highest BCUT2D eigenvalue weighted by atomic mass is 16.7. The molecule has 1 fully saturated rings. The van der Waals surface area contributed by atoms with E-state index in [-0.39, 0.29) is 5.41 Å². The number of ether oxygens (including phenoxy) is 2. The summed E-state index contributed by atoms with van der Waals surface area (Å²) in [5.41, 5.74) is 6.59. The van der Waals surface area contributed by atoms with Crippen molar-refractivity contribution >= 4 is 5.69 Å². The van der Waals surface area contributed by atoms with Crippen LogP contribution in [-0.2, 0) is 27.7 Å². The van der Waals surface area contributed by atoms with Gasteiger partial charge in [-0.3, -0.25) is 0 Å². The van der Waals surface area contributed by atoms with Crippen LogP contribution in [0.15, 0.2) is 12.1 Å². The van der Waals surface area contributed by atoms with E-state index in [1.165, 1.54) is 38.8 Å². The summed E-state index contributed by atoms with van der Waals surface area (Å²) in [6, 6.07) is 4.83. The van der Waals surface area contributed by atoms with Gasteiger partial charge in [-0.25, -0.2) is 0 Å². The Balaban J connectivity index is 1.57. The minimum Gasteiger partial charge on any atom is -0.371 e. The van der Waals surface area contributed by atoms with Crippen LogP contribution in [0, 0.1) is 11.8 Å². The van der Waals surface area contributed by atoms with E-state index < -0.39 is 0 Å². The summed E-state index contributed by atoms with van der Waals surface area (Å²) in [4.78, 5) is 2.69. The van der Waals surface area contributed by atoms with Gasteiger partial charge in [-0.05, 0) is 59.6 Å². The summed E-state index contributed by atoms with van der Waals surface area (Å²) in [6.07, 6.45) is 5.30. The summed E-state index contributed by atoms with van der Waals surface area (Å²) in [5, 5.41) is 0. The summed E-state index contributed by atoms with van der Waals surface area (Å²) in [6.45, 7) is 13.1. The summed E-state index contributed by atoms with van der Waals surface area (Å²) < 4.78 is 11.1. The lowest BCUT2D eigenvalue weighted by Crippen LogP contribution is -2.41. The van der Waals surface area contributed by atoms with Crippen LogP contribution in [-0.4, -0.2) is 32.6 Å². The molecule has 1 aromatic rings. The Hall–Kier alpha value is -1.06. The van der Waals surface area contributed by atoms with E-state index in [9.17, 15) is 0 Å². The lowest BCUT2D eigenvalue weighted by Gasteiger charge is -2.43. The predicted molar refractivity (Wildman–Crippen MR) is 102 cm³/mol. The molecule has 0 radical (unpaired) electrons. The first-order chi connectivity index (χ1) is 11.9. The Morgan fingerprint density at radius 2 is 2.12 bits per heavy atom. The van der Waals surface area contributed by atoms with Crippen LogP contribution in [0.1, 0.15) is 57.2 Å². The zero-order chi connectivity index (χ0) is 17.6. The maximum atomic E-state index is 5.73. The van der Waals surface area contributed by atoms with E-state index in [1.54, 1.807) is 22.4 Å². The molecular weight excluding hydrogens is 310 g/mol. The zero-order valence-electron chi connectivity index (χ0n) is 16.3. The SMILES string of the molecule is CC(CC1Cc2ccc(C(C)(C)C)c3c2N(CCC3)C1)[C@@H]1COCO1. The Morgan fingerprint density at radius 1 is 1.28 bits per heavy atom. The second-order valence-electron chi connectivity index (χ2n) is 9.38. The van der Waals surface area contributed by atoms with E-state index in [1.807, 2.05) is 0 Å². The molecule has 3 heteroatoms. The van der Waals surface area contributed by atoms with Crippen LogP contribution in [0.3, 0.4) is 0 Å². The molecule has 1 saturated heterocycles. The van der Waals surface area contributed by atoms with Crippen molar-refractivity contribution in [3.8, 4) is 0 Å². The van der Waals surface area contributed by atoms with Gasteiger partial charge in [0.15, 0.2) is 0 Å². The molecule has 2 unspecified atom stereocenters. The van der Waals surface area contributed by atoms with Gasteiger partial charge in [-0.2, -0.15) is 0 Å². The second kappa shape index (κ2) is 6.59. The first kappa shape index (κ1) is 17.4. The molecule has 3 atom stereocenters. The van der Waals surface area contributed by atoms with Crippen LogP contribution in [0.4, 0.5) is 5.69 Å². The normalized spacial score (nSPS) is 27.3. The standard InChI is InChI=1S/C22H33NO2/c1-15(20-13-24-14-25-20)10-16-11-17-7-8-19(22(2,3)4)18-6-5-9-23(12-16)21(17)18/h7-8,15-16,20H,5-6,9-14H2,1-4H3/t15?,16?,20-/m0/s1. The highest BCUT2D eigenvalue weighted by Gasteiger charge is 2.34. The average Bonchev–Trinajstić information content (AvgIpc) is 3.08. The number of benzene rings is 1. The fourth-order valence-corrected chi connectivity index (χ4v) is 5.14. The molecule has 3 aliphatic rings. The highest BCUT2D eigenvalue weighted by molar-refractivity contribution is 5.66. The number of anilines is 1. The van der Waals surface area contributed by atoms with E-state index in [2.05, 4.69) is 44.7 Å². The fourth-order valence-electron chi connectivity index (χ4n) is 5.14. The maximum Gasteiger partial charge on any atom is 0.147 e. The molecule has 0 bridgehead atoms. The Kier molecular flexibility index (Phi) is 4.57. The minimum absolute atomic E-state index is 0.235. The quantitative estimate of drug-likeness (QED) is 0.816. The molecule has 0 saturated carbocycles. The van der Waals surface area contributed by atoms with Crippen LogP contribution in [0.2, 0.25) is 0 Å². The monoisotopic (exact) mass is 343 g/mol. The van der Waals surface area contributed by atoms with Crippen LogP contribution >= 0.6 is 0 Å². The third kappa shape index (κ3) is 3.33. The van der Waals surface area contributed by atoms with Crippen molar-refractivity contribution in [2.45, 2.75) is 64.9 Å². The molecule has 3 heterocycles. The zero-order valence-corrected chi connectivity index (χ0v) is 16.3. The number of hydrogen-bond donors (Lipinski definition) is 0. The first-order valence-corrected chi connectivity index (χ1v) is 10.0. The smallest absolute Gasteiger partial charge is 0.147 e. The van der Waals surface area contributed by atoms with E-state index in [4.69, 9.17) is 9.47 Å². The van der Waals surface area contributed by atoms with Gasteiger partial charge in [0.25, 0.3) is 0 Å². The van der Waals surface area contributed by atoms with Crippen molar-refractivity contribution in [1.82, 2.24) is 0 Å². The Bertz CT molecular complexity index is 628. The van der Waals surface area contributed by atoms with Gasteiger partial charge in [0.05, 0.1) is 12.7 Å². The average molecular weight is 344 g/mol. The molecule has 1 aromatic carbocycles. The predicted octanol–water partition coefficient (Wildman–Crippen LogP) is 4.31. The lowest BCUT2D eigenvalue weighted by atomic mass is 9.76.